The first kappa shape index (κ1) is 28.4. The van der Waals surface area contributed by atoms with Crippen LogP contribution in [0.4, 0.5) is 0 Å². The maximum absolute atomic E-state index is 4.82. The van der Waals surface area contributed by atoms with E-state index < -0.39 is 0 Å². The highest BCUT2D eigenvalue weighted by Gasteiger charge is 2.19. The summed E-state index contributed by atoms with van der Waals surface area (Å²) in [5.41, 5.74) is 10.2. The number of benzene rings is 2. The molecule has 5 heteroatoms. The molecule has 0 spiro atoms. The van der Waals surface area contributed by atoms with Gasteiger partial charge in [0.25, 0.3) is 0 Å². The molecule has 3 aromatic rings. The SMILES string of the molecule is C=Cc1ccc(CN(Cc2ccc(C)cc2)C(=C)/N=C\C(=C/C)C2=Cn3nc(C(=C)CCC)cc3C(=C)N2)cc1. The van der Waals surface area contributed by atoms with Gasteiger partial charge in [0.05, 0.1) is 29.0 Å². The van der Waals surface area contributed by atoms with E-state index >= 15 is 0 Å². The lowest BCUT2D eigenvalue weighted by Crippen LogP contribution is -2.22. The average Bonchev–Trinajstić information content (AvgIpc) is 3.40. The zero-order chi connectivity index (χ0) is 28.6. The van der Waals surface area contributed by atoms with Gasteiger partial charge in [-0.2, -0.15) is 5.10 Å². The lowest BCUT2D eigenvalue weighted by molar-refractivity contribution is 0.327. The summed E-state index contributed by atoms with van der Waals surface area (Å²) in [4.78, 5) is 7.01. The highest BCUT2D eigenvalue weighted by atomic mass is 15.3. The molecule has 0 saturated carbocycles. The number of fused-ring (bicyclic) bond motifs is 1. The number of hydrogen-bond donors (Lipinski definition) is 1. The van der Waals surface area contributed by atoms with Crippen molar-refractivity contribution in [1.29, 1.82) is 0 Å². The Hall–Kier alpha value is -4.64. The van der Waals surface area contributed by atoms with Gasteiger partial charge in [0.15, 0.2) is 0 Å². The third kappa shape index (κ3) is 6.86. The van der Waals surface area contributed by atoms with Crippen LogP contribution in [-0.4, -0.2) is 20.9 Å². The number of rotatable bonds is 12. The van der Waals surface area contributed by atoms with E-state index in [2.05, 4.69) is 98.9 Å². The molecule has 0 bridgehead atoms. The largest absolute Gasteiger partial charge is 0.352 e. The first-order valence-electron chi connectivity index (χ1n) is 13.7. The molecule has 5 nitrogen and oxygen atoms in total. The standard InChI is InChI=1S/C35H39N5/c1-8-11-26(5)33-20-35-27(6)37-34(24-40(35)38-33)32(10-3)21-36-28(7)39(22-30-14-12-25(4)13-15-30)23-31-18-16-29(9-2)17-19-31/h9-10,12-21,24,37H,2,5-8,11,22-23H2,1,3-4H3/b32-10+,36-21-. The van der Waals surface area contributed by atoms with E-state index in [1.807, 2.05) is 42.2 Å². The Morgan fingerprint density at radius 1 is 1.05 bits per heavy atom. The van der Waals surface area contributed by atoms with E-state index in [0.29, 0.717) is 18.9 Å². The molecule has 204 valence electrons. The van der Waals surface area contributed by atoms with Gasteiger partial charge in [-0.15, -0.1) is 0 Å². The van der Waals surface area contributed by atoms with Crippen molar-refractivity contribution in [2.45, 2.75) is 46.7 Å². The van der Waals surface area contributed by atoms with Crippen molar-refractivity contribution in [1.82, 2.24) is 20.0 Å². The van der Waals surface area contributed by atoms with E-state index in [4.69, 9.17) is 10.1 Å². The summed E-state index contributed by atoms with van der Waals surface area (Å²) in [6, 6.07) is 19.0. The molecule has 0 atom stereocenters. The first-order valence-corrected chi connectivity index (χ1v) is 13.7. The maximum atomic E-state index is 4.82. The van der Waals surface area contributed by atoms with Gasteiger partial charge in [-0.05, 0) is 48.6 Å². The minimum Gasteiger partial charge on any atom is -0.352 e. The molecule has 0 unspecified atom stereocenters. The minimum absolute atomic E-state index is 0.681. The number of aliphatic imine (C=N–C) groups is 1. The predicted molar refractivity (Wildman–Crippen MR) is 171 cm³/mol. The molecule has 2 aromatic carbocycles. The van der Waals surface area contributed by atoms with Crippen LogP contribution in [0.3, 0.4) is 0 Å². The Labute approximate surface area is 239 Å². The second-order valence-electron chi connectivity index (χ2n) is 10.1. The highest BCUT2D eigenvalue weighted by molar-refractivity contribution is 5.88. The molecule has 0 radical (unpaired) electrons. The quantitative estimate of drug-likeness (QED) is 0.241. The molecule has 40 heavy (non-hydrogen) atoms. The van der Waals surface area contributed by atoms with Crippen LogP contribution < -0.4 is 5.32 Å². The second-order valence-corrected chi connectivity index (χ2v) is 10.1. The van der Waals surface area contributed by atoms with Crippen molar-refractivity contribution in [3.63, 3.8) is 0 Å². The van der Waals surface area contributed by atoms with Gasteiger partial charge in [-0.25, -0.2) is 9.67 Å². The number of aryl methyl sites for hydroxylation is 1. The van der Waals surface area contributed by atoms with Gasteiger partial charge in [0, 0.05) is 24.9 Å². The third-order valence-corrected chi connectivity index (χ3v) is 6.92. The van der Waals surface area contributed by atoms with Gasteiger partial charge in [-0.1, -0.05) is 106 Å². The van der Waals surface area contributed by atoms with Crippen molar-refractivity contribution in [3.8, 4) is 0 Å². The van der Waals surface area contributed by atoms with Crippen LogP contribution in [0.2, 0.25) is 0 Å². The van der Waals surface area contributed by atoms with Crippen LogP contribution in [0.5, 0.6) is 0 Å². The molecule has 0 aliphatic carbocycles. The molecule has 4 rings (SSSR count). The summed E-state index contributed by atoms with van der Waals surface area (Å²) in [6.45, 7) is 24.2. The number of nitrogens with one attached hydrogen (secondary N) is 1. The molecule has 1 aromatic heterocycles. The summed E-state index contributed by atoms with van der Waals surface area (Å²) in [5, 5.41) is 8.18. The number of nitrogens with zero attached hydrogens (tertiary/aromatic N) is 4. The van der Waals surface area contributed by atoms with Crippen LogP contribution in [0.15, 0.2) is 109 Å². The number of allylic oxidation sites excluding steroid dienone is 3. The average molecular weight is 530 g/mol. The number of hydrogen-bond acceptors (Lipinski definition) is 4. The van der Waals surface area contributed by atoms with E-state index in [1.165, 1.54) is 16.7 Å². The Morgan fingerprint density at radius 2 is 1.70 bits per heavy atom. The van der Waals surface area contributed by atoms with Gasteiger partial charge in [0.2, 0.25) is 0 Å². The Kier molecular flexibility index (Phi) is 9.18. The fraction of sp³-hybridized carbons (Fsp3) is 0.200. The van der Waals surface area contributed by atoms with Gasteiger partial charge < -0.3 is 10.2 Å². The second kappa shape index (κ2) is 12.9. The molecule has 1 N–H and O–H groups in total. The molecular weight excluding hydrogens is 490 g/mol. The summed E-state index contributed by atoms with van der Waals surface area (Å²) in [5.74, 6) is 0.681. The van der Waals surface area contributed by atoms with Crippen molar-refractivity contribution in [2.24, 2.45) is 4.99 Å². The number of aromatic nitrogens is 2. The summed E-state index contributed by atoms with van der Waals surface area (Å²) < 4.78 is 1.87. The highest BCUT2D eigenvalue weighted by Crippen LogP contribution is 2.26. The molecular formula is C35H39N5. The Morgan fingerprint density at radius 3 is 2.30 bits per heavy atom. The van der Waals surface area contributed by atoms with Crippen LogP contribution in [-0.2, 0) is 13.1 Å². The molecule has 1 aliphatic heterocycles. The zero-order valence-corrected chi connectivity index (χ0v) is 24.0. The van der Waals surface area contributed by atoms with Gasteiger partial charge in [0.1, 0.15) is 5.82 Å². The lowest BCUT2D eigenvalue weighted by Gasteiger charge is -2.25. The topological polar surface area (TPSA) is 45.5 Å². The lowest BCUT2D eigenvalue weighted by atomic mass is 10.1. The molecule has 0 amide bonds. The predicted octanol–water partition coefficient (Wildman–Crippen LogP) is 8.21. The first-order chi connectivity index (χ1) is 19.3. The maximum Gasteiger partial charge on any atom is 0.121 e. The van der Waals surface area contributed by atoms with Crippen LogP contribution in [0, 0.1) is 6.92 Å². The van der Waals surface area contributed by atoms with E-state index in [1.54, 1.807) is 0 Å². The smallest absolute Gasteiger partial charge is 0.121 e. The van der Waals surface area contributed by atoms with Gasteiger partial charge >= 0.3 is 0 Å². The Bertz CT molecular complexity index is 1490. The monoisotopic (exact) mass is 529 g/mol. The van der Waals surface area contributed by atoms with Crippen LogP contribution in [0.1, 0.15) is 60.3 Å². The third-order valence-electron chi connectivity index (χ3n) is 6.92. The molecule has 0 fully saturated rings. The summed E-state index contributed by atoms with van der Waals surface area (Å²) in [6.07, 6.45) is 9.65. The molecule has 2 heterocycles. The zero-order valence-electron chi connectivity index (χ0n) is 24.0. The van der Waals surface area contributed by atoms with Crippen molar-refractivity contribution in [3.05, 3.63) is 138 Å². The fourth-order valence-electron chi connectivity index (χ4n) is 4.51. The molecule has 1 aliphatic rings. The summed E-state index contributed by atoms with van der Waals surface area (Å²) in [7, 11) is 0. The normalized spacial score (nSPS) is 13.0. The van der Waals surface area contributed by atoms with Crippen LogP contribution in [0.25, 0.3) is 23.5 Å². The fourth-order valence-corrected chi connectivity index (χ4v) is 4.51. The molecule has 0 saturated heterocycles. The minimum atomic E-state index is 0.681. The van der Waals surface area contributed by atoms with Crippen molar-refractivity contribution < 1.29 is 0 Å². The van der Waals surface area contributed by atoms with E-state index in [0.717, 1.165) is 52.3 Å². The van der Waals surface area contributed by atoms with Crippen LogP contribution >= 0.6 is 0 Å². The van der Waals surface area contributed by atoms with E-state index in [-0.39, 0.29) is 0 Å². The van der Waals surface area contributed by atoms with Crippen molar-refractivity contribution in [2.75, 3.05) is 0 Å². The summed E-state index contributed by atoms with van der Waals surface area (Å²) >= 11 is 0. The van der Waals surface area contributed by atoms with Gasteiger partial charge in [-0.3, -0.25) is 0 Å². The van der Waals surface area contributed by atoms with E-state index in [9.17, 15) is 0 Å². The van der Waals surface area contributed by atoms with Crippen molar-refractivity contribution >= 4 is 29.8 Å². The Balaban J connectivity index is 1.56.